The van der Waals surface area contributed by atoms with E-state index in [1.165, 1.54) is 16.3 Å². The second kappa shape index (κ2) is 6.84. The standard InChI is InChI=1S/C15H27N3S/c1-4-14-5-6-15(19-14)10-12(16)9-13-11-17(2)7-8-18(13)3/h5-6,12-13H,4,7-11,16H2,1-3H3. The molecule has 1 aliphatic rings. The number of rotatable bonds is 5. The molecule has 0 bridgehead atoms. The van der Waals surface area contributed by atoms with Crippen molar-refractivity contribution in [1.29, 1.82) is 0 Å². The van der Waals surface area contributed by atoms with Crippen LogP contribution in [0, 0.1) is 0 Å². The summed E-state index contributed by atoms with van der Waals surface area (Å²) in [6, 6.07) is 5.38. The number of hydrogen-bond acceptors (Lipinski definition) is 4. The zero-order valence-corrected chi connectivity index (χ0v) is 13.2. The Labute approximate surface area is 121 Å². The van der Waals surface area contributed by atoms with Crippen LogP contribution in [0.3, 0.4) is 0 Å². The summed E-state index contributed by atoms with van der Waals surface area (Å²) in [5, 5.41) is 0. The number of likely N-dealkylation sites (N-methyl/N-ethyl adjacent to an activating group) is 2. The number of hydrogen-bond donors (Lipinski definition) is 1. The third-order valence-electron chi connectivity index (χ3n) is 4.08. The smallest absolute Gasteiger partial charge is 0.0235 e. The predicted octanol–water partition coefficient (Wildman–Crippen LogP) is 1.82. The molecule has 1 aromatic rings. The quantitative estimate of drug-likeness (QED) is 0.893. The van der Waals surface area contributed by atoms with E-state index < -0.39 is 0 Å². The van der Waals surface area contributed by atoms with Gasteiger partial charge in [0.15, 0.2) is 0 Å². The number of thiophene rings is 1. The Hall–Kier alpha value is -0.420. The number of nitrogens with two attached hydrogens (primary N) is 1. The van der Waals surface area contributed by atoms with E-state index in [2.05, 4.69) is 43.0 Å². The normalized spacial score (nSPS) is 23.7. The minimum atomic E-state index is 0.280. The molecule has 2 heterocycles. The van der Waals surface area contributed by atoms with Crippen molar-refractivity contribution in [3.8, 4) is 0 Å². The first-order chi connectivity index (χ1) is 9.08. The van der Waals surface area contributed by atoms with Crippen LogP contribution in [0.2, 0.25) is 0 Å². The summed E-state index contributed by atoms with van der Waals surface area (Å²) in [7, 11) is 4.43. The second-order valence-corrected chi connectivity index (χ2v) is 7.07. The average molecular weight is 281 g/mol. The van der Waals surface area contributed by atoms with Crippen molar-refractivity contribution in [1.82, 2.24) is 9.80 Å². The Morgan fingerprint density at radius 1 is 1.32 bits per heavy atom. The molecule has 0 aromatic carbocycles. The maximum absolute atomic E-state index is 6.36. The van der Waals surface area contributed by atoms with E-state index in [-0.39, 0.29) is 6.04 Å². The molecule has 0 spiro atoms. The zero-order chi connectivity index (χ0) is 13.8. The lowest BCUT2D eigenvalue weighted by Gasteiger charge is -2.38. The Kier molecular flexibility index (Phi) is 5.39. The van der Waals surface area contributed by atoms with Crippen LogP contribution in [-0.2, 0) is 12.8 Å². The van der Waals surface area contributed by atoms with Crippen LogP contribution in [0.4, 0.5) is 0 Å². The average Bonchev–Trinajstić information content (AvgIpc) is 2.81. The van der Waals surface area contributed by atoms with Gasteiger partial charge in [0.05, 0.1) is 0 Å². The van der Waals surface area contributed by atoms with Crippen LogP contribution < -0.4 is 5.73 Å². The monoisotopic (exact) mass is 281 g/mol. The fourth-order valence-corrected chi connectivity index (χ4v) is 3.82. The summed E-state index contributed by atoms with van der Waals surface area (Å²) in [6.45, 7) is 5.69. The van der Waals surface area contributed by atoms with Crippen LogP contribution in [0.15, 0.2) is 12.1 Å². The first kappa shape index (κ1) is 15.0. The van der Waals surface area contributed by atoms with Crippen molar-refractivity contribution in [2.45, 2.75) is 38.3 Å². The fourth-order valence-electron chi connectivity index (χ4n) is 2.77. The molecule has 1 fully saturated rings. The Bertz CT molecular complexity index is 390. The second-order valence-electron chi connectivity index (χ2n) is 5.82. The molecule has 1 aromatic heterocycles. The van der Waals surface area contributed by atoms with E-state index in [0.717, 1.165) is 32.4 Å². The number of piperazine rings is 1. The summed E-state index contributed by atoms with van der Waals surface area (Å²) in [5.74, 6) is 0. The Morgan fingerprint density at radius 3 is 2.74 bits per heavy atom. The van der Waals surface area contributed by atoms with Gasteiger partial charge in [0.2, 0.25) is 0 Å². The van der Waals surface area contributed by atoms with Gasteiger partial charge in [-0.3, -0.25) is 0 Å². The van der Waals surface area contributed by atoms with E-state index >= 15 is 0 Å². The van der Waals surface area contributed by atoms with Gasteiger partial charge in [0, 0.05) is 41.5 Å². The van der Waals surface area contributed by atoms with Crippen LogP contribution in [0.5, 0.6) is 0 Å². The third-order valence-corrected chi connectivity index (χ3v) is 5.34. The SMILES string of the molecule is CCc1ccc(CC(N)CC2CN(C)CCN2C)s1. The van der Waals surface area contributed by atoms with E-state index in [4.69, 9.17) is 5.73 Å². The molecule has 19 heavy (non-hydrogen) atoms. The molecule has 0 amide bonds. The molecule has 2 N–H and O–H groups in total. The van der Waals surface area contributed by atoms with Crippen molar-refractivity contribution in [3.63, 3.8) is 0 Å². The molecule has 1 aliphatic heterocycles. The largest absolute Gasteiger partial charge is 0.327 e. The van der Waals surface area contributed by atoms with E-state index in [1.807, 2.05) is 11.3 Å². The maximum atomic E-state index is 6.36. The summed E-state index contributed by atoms with van der Waals surface area (Å²) in [6.07, 6.45) is 3.26. The molecule has 108 valence electrons. The first-order valence-corrected chi connectivity index (χ1v) is 8.12. The molecule has 2 rings (SSSR count). The highest BCUT2D eigenvalue weighted by Gasteiger charge is 2.24. The van der Waals surface area contributed by atoms with Gasteiger partial charge in [-0.15, -0.1) is 11.3 Å². The first-order valence-electron chi connectivity index (χ1n) is 7.30. The van der Waals surface area contributed by atoms with Gasteiger partial charge in [0.1, 0.15) is 0 Å². The van der Waals surface area contributed by atoms with Gasteiger partial charge in [-0.2, -0.15) is 0 Å². The van der Waals surface area contributed by atoms with Crippen LogP contribution >= 0.6 is 11.3 Å². The highest BCUT2D eigenvalue weighted by Crippen LogP contribution is 2.20. The van der Waals surface area contributed by atoms with E-state index in [1.54, 1.807) is 0 Å². The highest BCUT2D eigenvalue weighted by atomic mass is 32.1. The van der Waals surface area contributed by atoms with Crippen molar-refractivity contribution in [2.75, 3.05) is 33.7 Å². The lowest BCUT2D eigenvalue weighted by Crippen LogP contribution is -2.51. The van der Waals surface area contributed by atoms with E-state index in [0.29, 0.717) is 6.04 Å². The van der Waals surface area contributed by atoms with Gasteiger partial charge >= 0.3 is 0 Å². The molecule has 3 nitrogen and oxygen atoms in total. The van der Waals surface area contributed by atoms with E-state index in [9.17, 15) is 0 Å². The molecule has 2 atom stereocenters. The maximum Gasteiger partial charge on any atom is 0.0235 e. The number of nitrogens with zero attached hydrogens (tertiary/aromatic N) is 2. The summed E-state index contributed by atoms with van der Waals surface area (Å²) >= 11 is 1.92. The van der Waals surface area contributed by atoms with Gasteiger partial charge in [-0.25, -0.2) is 0 Å². The lowest BCUT2D eigenvalue weighted by molar-refractivity contribution is 0.104. The van der Waals surface area contributed by atoms with Crippen molar-refractivity contribution in [2.24, 2.45) is 5.73 Å². The van der Waals surface area contributed by atoms with Crippen molar-refractivity contribution in [3.05, 3.63) is 21.9 Å². The topological polar surface area (TPSA) is 32.5 Å². The molecule has 2 unspecified atom stereocenters. The zero-order valence-electron chi connectivity index (χ0n) is 12.4. The lowest BCUT2D eigenvalue weighted by atomic mass is 10.0. The third kappa shape index (κ3) is 4.28. The van der Waals surface area contributed by atoms with Crippen LogP contribution in [-0.4, -0.2) is 55.6 Å². The highest BCUT2D eigenvalue weighted by molar-refractivity contribution is 7.11. The van der Waals surface area contributed by atoms with Crippen LogP contribution in [0.25, 0.3) is 0 Å². The molecular formula is C15H27N3S. The van der Waals surface area contributed by atoms with Crippen LogP contribution in [0.1, 0.15) is 23.1 Å². The van der Waals surface area contributed by atoms with Gasteiger partial charge in [-0.1, -0.05) is 6.92 Å². The van der Waals surface area contributed by atoms with Gasteiger partial charge < -0.3 is 15.5 Å². The minimum absolute atomic E-state index is 0.280. The summed E-state index contributed by atoms with van der Waals surface area (Å²) < 4.78 is 0. The summed E-state index contributed by atoms with van der Waals surface area (Å²) in [5.41, 5.74) is 6.36. The molecule has 0 saturated carbocycles. The van der Waals surface area contributed by atoms with Crippen molar-refractivity contribution >= 4 is 11.3 Å². The van der Waals surface area contributed by atoms with Crippen molar-refractivity contribution < 1.29 is 0 Å². The predicted molar refractivity (Wildman–Crippen MR) is 83.9 cm³/mol. The molecule has 0 radical (unpaired) electrons. The van der Waals surface area contributed by atoms with Gasteiger partial charge in [0.25, 0.3) is 0 Å². The fraction of sp³-hybridized carbons (Fsp3) is 0.733. The molecule has 1 saturated heterocycles. The minimum Gasteiger partial charge on any atom is -0.327 e. The molecular weight excluding hydrogens is 254 g/mol. The Balaban J connectivity index is 1.84. The molecule has 4 heteroatoms. The Morgan fingerprint density at radius 2 is 2.05 bits per heavy atom. The summed E-state index contributed by atoms with van der Waals surface area (Å²) in [4.78, 5) is 7.79. The molecule has 0 aliphatic carbocycles. The van der Waals surface area contributed by atoms with Gasteiger partial charge in [-0.05, 0) is 45.5 Å². The number of aryl methyl sites for hydroxylation is 1.